The van der Waals surface area contributed by atoms with E-state index in [1.54, 1.807) is 12.4 Å². The maximum atomic E-state index is 13.2. The van der Waals surface area contributed by atoms with E-state index in [1.165, 1.54) is 0 Å². The fraction of sp³-hybridized carbons (Fsp3) is 0.258. The Morgan fingerprint density at radius 3 is 2.60 bits per heavy atom. The summed E-state index contributed by atoms with van der Waals surface area (Å²) in [4.78, 5) is 40.8. The number of benzene rings is 2. The highest BCUT2D eigenvalue weighted by molar-refractivity contribution is 6.32. The van der Waals surface area contributed by atoms with Gasteiger partial charge in [-0.2, -0.15) is 4.98 Å². The van der Waals surface area contributed by atoms with Crippen LogP contribution in [0.3, 0.4) is 0 Å². The Hall–Kier alpha value is -4.70. The second-order valence-electron chi connectivity index (χ2n) is 10.6. The van der Waals surface area contributed by atoms with Crippen molar-refractivity contribution in [3.05, 3.63) is 89.3 Å². The van der Waals surface area contributed by atoms with E-state index in [1.807, 2.05) is 65.7 Å². The van der Waals surface area contributed by atoms with Crippen molar-refractivity contribution in [3.63, 3.8) is 0 Å². The van der Waals surface area contributed by atoms with Crippen LogP contribution >= 0.6 is 11.6 Å². The fourth-order valence-electron chi connectivity index (χ4n) is 5.28. The van der Waals surface area contributed by atoms with Crippen LogP contribution in [0.2, 0.25) is 5.02 Å². The molecule has 2 aliphatic heterocycles. The number of piperidine rings is 1. The normalized spacial score (nSPS) is 14.7. The molecule has 4 aromatic rings. The number of para-hydroxylation sites is 1. The number of carbonyl (C=O) groups is 2. The van der Waals surface area contributed by atoms with Crippen molar-refractivity contribution in [2.45, 2.75) is 32.1 Å². The summed E-state index contributed by atoms with van der Waals surface area (Å²) in [6.45, 7) is 1.25. The summed E-state index contributed by atoms with van der Waals surface area (Å²) in [5.41, 5.74) is 5.18. The van der Waals surface area contributed by atoms with Crippen LogP contribution in [0, 0.1) is 5.92 Å². The highest BCUT2D eigenvalue weighted by atomic mass is 35.5. The van der Waals surface area contributed by atoms with E-state index < -0.39 is 0 Å². The summed E-state index contributed by atoms with van der Waals surface area (Å²) in [7, 11) is 0. The van der Waals surface area contributed by atoms with Gasteiger partial charge in [0.2, 0.25) is 11.9 Å². The molecule has 1 saturated heterocycles. The summed E-state index contributed by atoms with van der Waals surface area (Å²) >= 11 is 6.38. The summed E-state index contributed by atoms with van der Waals surface area (Å²) in [6.07, 6.45) is 8.51. The molecule has 2 aromatic carbocycles. The molecule has 42 heavy (non-hydrogen) atoms. The fourth-order valence-corrected chi connectivity index (χ4v) is 5.42. The van der Waals surface area contributed by atoms with E-state index in [-0.39, 0.29) is 17.9 Å². The first-order chi connectivity index (χ1) is 20.5. The average Bonchev–Trinajstić information content (AvgIpc) is 3.00. The second-order valence-corrected chi connectivity index (χ2v) is 11.0. The van der Waals surface area contributed by atoms with Crippen molar-refractivity contribution in [3.8, 4) is 0 Å². The third-order valence-electron chi connectivity index (χ3n) is 7.52. The number of urea groups is 1. The van der Waals surface area contributed by atoms with Gasteiger partial charge in [-0.25, -0.2) is 9.78 Å². The number of nitrogens with one attached hydrogen (secondary N) is 4. The minimum Gasteiger partial charge on any atom is -0.339 e. The molecule has 6 rings (SSSR count). The van der Waals surface area contributed by atoms with Gasteiger partial charge in [-0.15, -0.1) is 0 Å². The minimum absolute atomic E-state index is 0.0292. The Morgan fingerprint density at radius 2 is 1.76 bits per heavy atom. The second kappa shape index (κ2) is 12.4. The lowest BCUT2D eigenvalue weighted by atomic mass is 9.93. The predicted molar refractivity (Wildman–Crippen MR) is 165 cm³/mol. The summed E-state index contributed by atoms with van der Waals surface area (Å²) < 4.78 is 0. The highest BCUT2D eigenvalue weighted by Gasteiger charge is 2.25. The number of hydrogen-bond donors (Lipinski definition) is 4. The first-order valence-electron chi connectivity index (χ1n) is 14.0. The third kappa shape index (κ3) is 6.77. The van der Waals surface area contributed by atoms with Gasteiger partial charge in [0.25, 0.3) is 0 Å². The molecule has 0 radical (unpaired) electrons. The number of aryl methyl sites for hydroxylation is 2. The lowest BCUT2D eigenvalue weighted by Gasteiger charge is -2.31. The van der Waals surface area contributed by atoms with Gasteiger partial charge in [-0.05, 0) is 79.1 Å². The summed E-state index contributed by atoms with van der Waals surface area (Å²) in [6, 6.07) is 17.2. The van der Waals surface area contributed by atoms with Gasteiger partial charge < -0.3 is 26.2 Å². The maximum absolute atomic E-state index is 13.2. The smallest absolute Gasteiger partial charge is 0.321 e. The van der Waals surface area contributed by atoms with Crippen LogP contribution in [0.25, 0.3) is 0 Å². The largest absolute Gasteiger partial charge is 0.339 e. The number of pyridine rings is 1. The van der Waals surface area contributed by atoms with E-state index >= 15 is 0 Å². The molecule has 214 valence electrons. The topological polar surface area (TPSA) is 124 Å². The van der Waals surface area contributed by atoms with Crippen LogP contribution in [-0.2, 0) is 17.6 Å². The van der Waals surface area contributed by atoms with E-state index in [0.717, 1.165) is 53.1 Å². The molecule has 3 amide bonds. The zero-order valence-electron chi connectivity index (χ0n) is 22.9. The number of nitrogens with zero attached hydrogens (tertiary/aromatic N) is 4. The summed E-state index contributed by atoms with van der Waals surface area (Å²) in [5, 5.41) is 12.9. The number of rotatable bonds is 4. The third-order valence-corrected chi connectivity index (χ3v) is 7.80. The van der Waals surface area contributed by atoms with Crippen molar-refractivity contribution >= 4 is 58.1 Å². The molecule has 0 saturated carbocycles. The SMILES string of the molecule is O=C(CC1CCN(C(=O)Nc2ccccc2)CC1)Nc1ccc2cc1CCc1cncc(c1)Nc1ncc(Cl)c(n1)N2. The zero-order valence-corrected chi connectivity index (χ0v) is 23.7. The number of hydrogen-bond acceptors (Lipinski definition) is 7. The number of likely N-dealkylation sites (tertiary alicyclic amines) is 1. The van der Waals surface area contributed by atoms with Crippen molar-refractivity contribution in [2.24, 2.45) is 5.92 Å². The van der Waals surface area contributed by atoms with Crippen LogP contribution in [0.15, 0.2) is 73.2 Å². The van der Waals surface area contributed by atoms with E-state index in [0.29, 0.717) is 42.7 Å². The zero-order chi connectivity index (χ0) is 28.9. The quantitative estimate of drug-likeness (QED) is 0.220. The molecule has 2 aliphatic rings. The number of carbonyl (C=O) groups excluding carboxylic acids is 2. The van der Waals surface area contributed by atoms with Gasteiger partial charge in [0.15, 0.2) is 5.82 Å². The molecule has 1 fully saturated rings. The molecule has 0 atom stereocenters. The Bertz CT molecular complexity index is 1590. The molecule has 0 spiro atoms. The standard InChI is InChI=1S/C31H31ClN8O2/c32-26-19-34-30-36-25-14-21(17-33-18-25)6-7-22-16-24(35-29(26)39-30)8-9-27(22)38-28(41)15-20-10-12-40(13-11-20)31(42)37-23-4-2-1-3-5-23/h1-5,8-9,14,16-20H,6-7,10-13,15H2,(H,37,42)(H,38,41)(H2,34,35,36,39). The Balaban J connectivity index is 1.11. The minimum atomic E-state index is -0.103. The first-order valence-corrected chi connectivity index (χ1v) is 14.4. The van der Waals surface area contributed by atoms with Gasteiger partial charge in [0.1, 0.15) is 5.02 Å². The molecule has 6 bridgehead atoms. The molecular weight excluding hydrogens is 552 g/mol. The number of fused-ring (bicyclic) bond motifs is 6. The van der Waals surface area contributed by atoms with Crippen LogP contribution in [0.5, 0.6) is 0 Å². The van der Waals surface area contributed by atoms with Gasteiger partial charge in [-0.3, -0.25) is 9.78 Å². The molecule has 2 aromatic heterocycles. The number of amides is 3. The lowest BCUT2D eigenvalue weighted by molar-refractivity contribution is -0.117. The Morgan fingerprint density at radius 1 is 0.929 bits per heavy atom. The van der Waals surface area contributed by atoms with Crippen LogP contribution < -0.4 is 21.3 Å². The molecule has 0 aliphatic carbocycles. The average molecular weight is 583 g/mol. The first kappa shape index (κ1) is 27.5. The van der Waals surface area contributed by atoms with E-state index in [2.05, 4.69) is 36.2 Å². The van der Waals surface area contributed by atoms with Crippen molar-refractivity contribution in [1.29, 1.82) is 0 Å². The van der Waals surface area contributed by atoms with Gasteiger partial charge in [0, 0.05) is 42.8 Å². The Labute approximate surface area is 248 Å². The van der Waals surface area contributed by atoms with Gasteiger partial charge >= 0.3 is 6.03 Å². The van der Waals surface area contributed by atoms with Gasteiger partial charge in [-0.1, -0.05) is 29.8 Å². The highest BCUT2D eigenvalue weighted by Crippen LogP contribution is 2.30. The van der Waals surface area contributed by atoms with Gasteiger partial charge in [0.05, 0.1) is 18.1 Å². The Kier molecular flexibility index (Phi) is 8.14. The van der Waals surface area contributed by atoms with E-state index in [4.69, 9.17) is 11.6 Å². The monoisotopic (exact) mass is 582 g/mol. The van der Waals surface area contributed by atoms with Crippen LogP contribution in [0.1, 0.15) is 30.4 Å². The molecule has 0 unspecified atom stereocenters. The molecule has 11 heteroatoms. The maximum Gasteiger partial charge on any atom is 0.321 e. The number of anilines is 6. The lowest BCUT2D eigenvalue weighted by Crippen LogP contribution is -2.41. The predicted octanol–water partition coefficient (Wildman–Crippen LogP) is 6.38. The van der Waals surface area contributed by atoms with E-state index in [9.17, 15) is 9.59 Å². The molecule has 4 heterocycles. The summed E-state index contributed by atoms with van der Waals surface area (Å²) in [5.74, 6) is 1.07. The number of aromatic nitrogens is 3. The van der Waals surface area contributed by atoms with Crippen LogP contribution in [-0.4, -0.2) is 44.9 Å². The molecule has 4 N–H and O–H groups in total. The number of halogens is 1. The van der Waals surface area contributed by atoms with Crippen LogP contribution in [0.4, 0.5) is 39.3 Å². The van der Waals surface area contributed by atoms with Crippen molar-refractivity contribution in [2.75, 3.05) is 34.4 Å². The molecular formula is C31H31ClN8O2. The van der Waals surface area contributed by atoms with Crippen molar-refractivity contribution < 1.29 is 9.59 Å². The van der Waals surface area contributed by atoms with Crippen molar-refractivity contribution in [1.82, 2.24) is 19.9 Å². The molecule has 10 nitrogen and oxygen atoms in total.